The molecule has 0 fully saturated rings. The fraction of sp³-hybridized carbons (Fsp3) is 0.222. The van der Waals surface area contributed by atoms with Crippen molar-refractivity contribution in [2.45, 2.75) is 25.0 Å². The third kappa shape index (κ3) is 3.34. The molecule has 0 amide bonds. The van der Waals surface area contributed by atoms with Crippen LogP contribution >= 0.6 is 0 Å². The molecule has 1 aliphatic heterocycles. The first kappa shape index (κ1) is 15.1. The lowest BCUT2D eigenvalue weighted by Gasteiger charge is -2.29. The Balaban J connectivity index is 1.77. The van der Waals surface area contributed by atoms with E-state index in [-0.39, 0.29) is 13.0 Å². The zero-order chi connectivity index (χ0) is 16.2. The number of esters is 1. The highest BCUT2D eigenvalue weighted by molar-refractivity contribution is 5.86. The SMILES string of the molecule is O=C(O)[C@@H]1C[C@H](C(=O)OCc2ccccc2)c2ccccc2N1. The molecule has 2 atom stereocenters. The Morgan fingerprint density at radius 3 is 2.52 bits per heavy atom. The number of aliphatic carboxylic acids is 1. The van der Waals surface area contributed by atoms with Crippen molar-refractivity contribution in [2.24, 2.45) is 0 Å². The minimum atomic E-state index is -0.972. The predicted molar refractivity (Wildman–Crippen MR) is 85.1 cm³/mol. The highest BCUT2D eigenvalue weighted by Gasteiger charge is 2.35. The summed E-state index contributed by atoms with van der Waals surface area (Å²) in [7, 11) is 0. The molecule has 1 heterocycles. The van der Waals surface area contributed by atoms with Crippen LogP contribution in [0.1, 0.15) is 23.5 Å². The van der Waals surface area contributed by atoms with E-state index in [0.29, 0.717) is 5.69 Å². The molecular weight excluding hydrogens is 294 g/mol. The normalized spacial score (nSPS) is 19.3. The molecule has 0 radical (unpaired) electrons. The van der Waals surface area contributed by atoms with Crippen LogP contribution in [0.3, 0.4) is 0 Å². The molecule has 3 rings (SSSR count). The monoisotopic (exact) mass is 311 g/mol. The van der Waals surface area contributed by atoms with Crippen LogP contribution in [0.4, 0.5) is 5.69 Å². The van der Waals surface area contributed by atoms with Crippen LogP contribution in [0.2, 0.25) is 0 Å². The Morgan fingerprint density at radius 1 is 1.09 bits per heavy atom. The minimum absolute atomic E-state index is 0.181. The van der Waals surface area contributed by atoms with E-state index in [0.717, 1.165) is 11.1 Å². The molecule has 5 heteroatoms. The Hall–Kier alpha value is -2.82. The van der Waals surface area contributed by atoms with E-state index in [1.54, 1.807) is 6.07 Å². The van der Waals surface area contributed by atoms with Gasteiger partial charge >= 0.3 is 11.9 Å². The molecule has 2 N–H and O–H groups in total. The summed E-state index contributed by atoms with van der Waals surface area (Å²) in [6.45, 7) is 0.184. The maximum Gasteiger partial charge on any atom is 0.326 e. The fourth-order valence-electron chi connectivity index (χ4n) is 2.76. The van der Waals surface area contributed by atoms with Gasteiger partial charge in [0.1, 0.15) is 12.6 Å². The second-order valence-corrected chi connectivity index (χ2v) is 5.50. The van der Waals surface area contributed by atoms with Crippen LogP contribution in [-0.2, 0) is 20.9 Å². The van der Waals surface area contributed by atoms with Gasteiger partial charge in [0.2, 0.25) is 0 Å². The third-order valence-corrected chi connectivity index (χ3v) is 3.94. The molecule has 0 bridgehead atoms. The average molecular weight is 311 g/mol. The molecule has 0 saturated heterocycles. The van der Waals surface area contributed by atoms with Crippen LogP contribution < -0.4 is 5.32 Å². The summed E-state index contributed by atoms with van der Waals surface area (Å²) < 4.78 is 5.39. The van der Waals surface area contributed by atoms with Gasteiger partial charge < -0.3 is 15.2 Å². The zero-order valence-electron chi connectivity index (χ0n) is 12.4. The predicted octanol–water partition coefficient (Wildman–Crippen LogP) is 2.78. The summed E-state index contributed by atoms with van der Waals surface area (Å²) in [5.74, 6) is -1.94. The Morgan fingerprint density at radius 2 is 1.78 bits per heavy atom. The highest BCUT2D eigenvalue weighted by atomic mass is 16.5. The number of para-hydroxylation sites is 1. The molecule has 0 aliphatic carbocycles. The minimum Gasteiger partial charge on any atom is -0.480 e. The van der Waals surface area contributed by atoms with Gasteiger partial charge in [0.05, 0.1) is 5.92 Å². The fourth-order valence-corrected chi connectivity index (χ4v) is 2.76. The first-order valence-electron chi connectivity index (χ1n) is 7.44. The third-order valence-electron chi connectivity index (χ3n) is 3.94. The molecule has 0 spiro atoms. The van der Waals surface area contributed by atoms with Crippen molar-refractivity contribution in [2.75, 3.05) is 5.32 Å². The molecule has 5 nitrogen and oxygen atoms in total. The van der Waals surface area contributed by atoms with Crippen LogP contribution in [0.25, 0.3) is 0 Å². The molecule has 0 unspecified atom stereocenters. The van der Waals surface area contributed by atoms with Gasteiger partial charge in [0, 0.05) is 5.69 Å². The van der Waals surface area contributed by atoms with Gasteiger partial charge in [-0.25, -0.2) is 4.79 Å². The van der Waals surface area contributed by atoms with Gasteiger partial charge in [-0.3, -0.25) is 4.79 Å². The molecule has 0 saturated carbocycles. The number of benzene rings is 2. The van der Waals surface area contributed by atoms with Crippen molar-refractivity contribution < 1.29 is 19.4 Å². The number of rotatable bonds is 4. The van der Waals surface area contributed by atoms with E-state index in [4.69, 9.17) is 4.74 Å². The van der Waals surface area contributed by atoms with E-state index in [1.807, 2.05) is 48.5 Å². The van der Waals surface area contributed by atoms with Crippen molar-refractivity contribution in [3.05, 3.63) is 65.7 Å². The van der Waals surface area contributed by atoms with Crippen LogP contribution in [-0.4, -0.2) is 23.1 Å². The van der Waals surface area contributed by atoms with Crippen molar-refractivity contribution in [3.63, 3.8) is 0 Å². The number of hydrogen-bond acceptors (Lipinski definition) is 4. The molecule has 2 aromatic carbocycles. The summed E-state index contributed by atoms with van der Waals surface area (Å²) in [6.07, 6.45) is 0.181. The van der Waals surface area contributed by atoms with Crippen LogP contribution in [0, 0.1) is 0 Å². The number of carboxylic acid groups (broad SMARTS) is 1. The first-order chi connectivity index (χ1) is 11.1. The highest BCUT2D eigenvalue weighted by Crippen LogP contribution is 2.35. The second-order valence-electron chi connectivity index (χ2n) is 5.50. The molecular formula is C18H17NO4. The van der Waals surface area contributed by atoms with E-state index < -0.39 is 23.9 Å². The summed E-state index contributed by atoms with van der Waals surface area (Å²) in [5, 5.41) is 12.2. The Labute approximate surface area is 133 Å². The molecule has 23 heavy (non-hydrogen) atoms. The van der Waals surface area contributed by atoms with Crippen molar-refractivity contribution >= 4 is 17.6 Å². The molecule has 1 aliphatic rings. The van der Waals surface area contributed by atoms with Crippen molar-refractivity contribution in [1.82, 2.24) is 0 Å². The summed E-state index contributed by atoms with van der Waals surface area (Å²) in [4.78, 5) is 23.8. The number of anilines is 1. The van der Waals surface area contributed by atoms with Crippen LogP contribution in [0.5, 0.6) is 0 Å². The Bertz CT molecular complexity index is 714. The zero-order valence-corrected chi connectivity index (χ0v) is 12.4. The van der Waals surface area contributed by atoms with Gasteiger partial charge in [-0.05, 0) is 23.6 Å². The number of carboxylic acids is 1. The quantitative estimate of drug-likeness (QED) is 0.849. The van der Waals surface area contributed by atoms with E-state index in [2.05, 4.69) is 5.32 Å². The van der Waals surface area contributed by atoms with Crippen molar-refractivity contribution in [1.29, 1.82) is 0 Å². The summed E-state index contributed by atoms with van der Waals surface area (Å²) in [5.41, 5.74) is 2.36. The number of carbonyl (C=O) groups is 2. The maximum atomic E-state index is 12.5. The topological polar surface area (TPSA) is 75.6 Å². The van der Waals surface area contributed by atoms with Gasteiger partial charge in [-0.2, -0.15) is 0 Å². The number of nitrogens with one attached hydrogen (secondary N) is 1. The number of fused-ring (bicyclic) bond motifs is 1. The molecule has 0 aromatic heterocycles. The van der Waals surface area contributed by atoms with E-state index in [1.165, 1.54) is 0 Å². The van der Waals surface area contributed by atoms with Gasteiger partial charge in [0.15, 0.2) is 0 Å². The summed E-state index contributed by atoms with van der Waals surface area (Å²) >= 11 is 0. The molecule has 118 valence electrons. The Kier molecular flexibility index (Phi) is 4.28. The van der Waals surface area contributed by atoms with Crippen molar-refractivity contribution in [3.8, 4) is 0 Å². The lowest BCUT2D eigenvalue weighted by atomic mass is 9.87. The van der Waals surface area contributed by atoms with Gasteiger partial charge in [0.25, 0.3) is 0 Å². The van der Waals surface area contributed by atoms with Gasteiger partial charge in [-0.1, -0.05) is 48.5 Å². The average Bonchev–Trinajstić information content (AvgIpc) is 2.59. The number of carbonyl (C=O) groups excluding carboxylic acids is 1. The smallest absolute Gasteiger partial charge is 0.326 e. The standard InChI is InChI=1S/C18H17NO4/c20-17(21)16-10-14(13-8-4-5-9-15(13)19-16)18(22)23-11-12-6-2-1-3-7-12/h1-9,14,16,19H,10-11H2,(H,20,21)/t14-,16-/m0/s1. The van der Waals surface area contributed by atoms with Crippen LogP contribution in [0.15, 0.2) is 54.6 Å². The lowest BCUT2D eigenvalue weighted by molar-refractivity contribution is -0.147. The molecule has 2 aromatic rings. The van der Waals surface area contributed by atoms with E-state index >= 15 is 0 Å². The maximum absolute atomic E-state index is 12.5. The van der Waals surface area contributed by atoms with E-state index in [9.17, 15) is 14.7 Å². The summed E-state index contributed by atoms with van der Waals surface area (Å²) in [6, 6.07) is 15.9. The number of hydrogen-bond donors (Lipinski definition) is 2. The lowest BCUT2D eigenvalue weighted by Crippen LogP contribution is -2.37. The number of ether oxygens (including phenoxy) is 1. The second kappa shape index (κ2) is 6.52. The van der Waals surface area contributed by atoms with Gasteiger partial charge in [-0.15, -0.1) is 0 Å². The first-order valence-corrected chi connectivity index (χ1v) is 7.44. The largest absolute Gasteiger partial charge is 0.480 e.